The number of anilines is 2. The molecular weight excluding hydrogens is 359 g/mol. The van der Waals surface area contributed by atoms with E-state index in [0.29, 0.717) is 30.0 Å². The van der Waals surface area contributed by atoms with E-state index in [2.05, 4.69) is 10.6 Å². The van der Waals surface area contributed by atoms with Crippen LogP contribution in [0.4, 0.5) is 15.8 Å². The molecule has 5 nitrogen and oxygen atoms in total. The predicted octanol–water partition coefficient (Wildman–Crippen LogP) is 4.15. The van der Waals surface area contributed by atoms with E-state index in [-0.39, 0.29) is 5.02 Å². The fourth-order valence-electron chi connectivity index (χ4n) is 2.67. The van der Waals surface area contributed by atoms with Crippen molar-refractivity contribution in [2.24, 2.45) is 5.41 Å². The van der Waals surface area contributed by atoms with Gasteiger partial charge in [-0.15, -0.1) is 0 Å². The van der Waals surface area contributed by atoms with Crippen molar-refractivity contribution < 1.29 is 18.7 Å². The van der Waals surface area contributed by atoms with Crippen molar-refractivity contribution in [2.45, 2.75) is 19.8 Å². The molecule has 1 fully saturated rings. The molecule has 0 unspecified atom stereocenters. The molecule has 0 radical (unpaired) electrons. The largest absolute Gasteiger partial charge is 0.495 e. The van der Waals surface area contributed by atoms with Crippen LogP contribution in [0.15, 0.2) is 36.4 Å². The van der Waals surface area contributed by atoms with Gasteiger partial charge in [0, 0.05) is 5.69 Å². The van der Waals surface area contributed by atoms with Gasteiger partial charge in [0.1, 0.15) is 17.0 Å². The molecule has 2 amide bonds. The van der Waals surface area contributed by atoms with Crippen LogP contribution in [0.25, 0.3) is 0 Å². The standard InChI is InChI=1S/C19H18ClFN2O3/c1-11-3-6-16(26-2)15(9-11)23-18(25)19(7-8-19)17(24)22-12-4-5-14(21)13(20)10-12/h3-6,9-10H,7-8H2,1-2H3,(H,22,24)(H,23,25). The summed E-state index contributed by atoms with van der Waals surface area (Å²) in [6.45, 7) is 1.90. The van der Waals surface area contributed by atoms with Gasteiger partial charge >= 0.3 is 0 Å². The van der Waals surface area contributed by atoms with Crippen molar-refractivity contribution in [3.8, 4) is 5.75 Å². The summed E-state index contributed by atoms with van der Waals surface area (Å²) in [5.41, 5.74) is 0.668. The van der Waals surface area contributed by atoms with Crippen LogP contribution >= 0.6 is 11.6 Å². The molecule has 0 aliphatic heterocycles. The Morgan fingerprint density at radius 1 is 1.12 bits per heavy atom. The van der Waals surface area contributed by atoms with Crippen LogP contribution in [0.2, 0.25) is 5.02 Å². The second kappa shape index (κ2) is 6.96. The summed E-state index contributed by atoms with van der Waals surface area (Å²) in [5.74, 6) is -0.892. The fourth-order valence-corrected chi connectivity index (χ4v) is 2.85. The first-order chi connectivity index (χ1) is 12.4. The number of methoxy groups -OCH3 is 1. The molecule has 0 aromatic heterocycles. The number of hydrogen-bond donors (Lipinski definition) is 2. The maximum absolute atomic E-state index is 13.2. The number of amides is 2. The molecule has 0 saturated heterocycles. The zero-order valence-corrected chi connectivity index (χ0v) is 15.1. The number of rotatable bonds is 5. The molecular formula is C19H18ClFN2O3. The van der Waals surface area contributed by atoms with Crippen molar-refractivity contribution in [2.75, 3.05) is 17.7 Å². The summed E-state index contributed by atoms with van der Waals surface area (Å²) < 4.78 is 18.5. The van der Waals surface area contributed by atoms with E-state index < -0.39 is 23.0 Å². The fraction of sp³-hybridized carbons (Fsp3) is 0.263. The van der Waals surface area contributed by atoms with Crippen LogP contribution in [0, 0.1) is 18.2 Å². The molecule has 2 N–H and O–H groups in total. The Hall–Kier alpha value is -2.60. The van der Waals surface area contributed by atoms with Crippen molar-refractivity contribution in [1.29, 1.82) is 0 Å². The van der Waals surface area contributed by atoms with E-state index in [0.717, 1.165) is 11.6 Å². The third-order valence-electron chi connectivity index (χ3n) is 4.40. The summed E-state index contributed by atoms with van der Waals surface area (Å²) in [4.78, 5) is 25.3. The molecule has 1 saturated carbocycles. The third kappa shape index (κ3) is 3.51. The van der Waals surface area contributed by atoms with Gasteiger partial charge in [-0.1, -0.05) is 17.7 Å². The van der Waals surface area contributed by atoms with Gasteiger partial charge in [-0.25, -0.2) is 4.39 Å². The Balaban J connectivity index is 1.75. The predicted molar refractivity (Wildman–Crippen MR) is 98.1 cm³/mol. The molecule has 0 atom stereocenters. The lowest BCUT2D eigenvalue weighted by Crippen LogP contribution is -2.35. The molecule has 0 spiro atoms. The SMILES string of the molecule is COc1ccc(C)cc1NC(=O)C1(C(=O)Nc2ccc(F)c(Cl)c2)CC1. The third-order valence-corrected chi connectivity index (χ3v) is 4.69. The van der Waals surface area contributed by atoms with E-state index in [1.165, 1.54) is 19.2 Å². The zero-order chi connectivity index (χ0) is 18.9. The Morgan fingerprint density at radius 3 is 2.42 bits per heavy atom. The van der Waals surface area contributed by atoms with Crippen LogP contribution in [0.3, 0.4) is 0 Å². The molecule has 26 heavy (non-hydrogen) atoms. The molecule has 0 heterocycles. The van der Waals surface area contributed by atoms with Gasteiger partial charge in [-0.2, -0.15) is 0 Å². The molecule has 2 aromatic rings. The van der Waals surface area contributed by atoms with E-state index in [4.69, 9.17) is 16.3 Å². The Kier molecular flexibility index (Phi) is 4.87. The van der Waals surface area contributed by atoms with Gasteiger partial charge < -0.3 is 15.4 Å². The normalized spacial score (nSPS) is 14.5. The molecule has 7 heteroatoms. The van der Waals surface area contributed by atoms with Crippen LogP contribution in [-0.4, -0.2) is 18.9 Å². The van der Waals surface area contributed by atoms with Gasteiger partial charge in [0.15, 0.2) is 0 Å². The average Bonchev–Trinajstić information content (AvgIpc) is 3.40. The topological polar surface area (TPSA) is 67.4 Å². The average molecular weight is 377 g/mol. The highest BCUT2D eigenvalue weighted by atomic mass is 35.5. The monoisotopic (exact) mass is 376 g/mol. The van der Waals surface area contributed by atoms with Gasteiger partial charge in [-0.3, -0.25) is 9.59 Å². The summed E-state index contributed by atoms with van der Waals surface area (Å²) in [6.07, 6.45) is 0.876. The number of carbonyl (C=O) groups excluding carboxylic acids is 2. The minimum Gasteiger partial charge on any atom is -0.495 e. The molecule has 1 aliphatic rings. The lowest BCUT2D eigenvalue weighted by atomic mass is 10.0. The van der Waals surface area contributed by atoms with Crippen LogP contribution in [-0.2, 0) is 9.59 Å². The Morgan fingerprint density at radius 2 is 1.81 bits per heavy atom. The molecule has 136 valence electrons. The number of benzene rings is 2. The highest BCUT2D eigenvalue weighted by molar-refractivity contribution is 6.31. The molecule has 3 rings (SSSR count). The van der Waals surface area contributed by atoms with Crippen molar-refractivity contribution >= 4 is 34.8 Å². The molecule has 0 bridgehead atoms. The van der Waals surface area contributed by atoms with Crippen molar-refractivity contribution in [1.82, 2.24) is 0 Å². The number of carbonyl (C=O) groups is 2. The first-order valence-corrected chi connectivity index (χ1v) is 8.46. The summed E-state index contributed by atoms with van der Waals surface area (Å²) >= 11 is 5.73. The van der Waals surface area contributed by atoms with Crippen molar-refractivity contribution in [3.63, 3.8) is 0 Å². The quantitative estimate of drug-likeness (QED) is 0.770. The number of nitrogens with one attached hydrogen (secondary N) is 2. The minimum absolute atomic E-state index is 0.0957. The lowest BCUT2D eigenvalue weighted by Gasteiger charge is -2.17. The molecule has 1 aliphatic carbocycles. The Bertz CT molecular complexity index is 881. The second-order valence-corrected chi connectivity index (χ2v) is 6.73. The van der Waals surface area contributed by atoms with E-state index in [1.54, 1.807) is 12.1 Å². The number of halogens is 2. The van der Waals surface area contributed by atoms with Crippen molar-refractivity contribution in [3.05, 3.63) is 52.8 Å². The van der Waals surface area contributed by atoms with Gasteiger partial charge in [0.25, 0.3) is 0 Å². The lowest BCUT2D eigenvalue weighted by molar-refractivity contribution is -0.131. The number of ether oxygens (including phenoxy) is 1. The van der Waals surface area contributed by atoms with E-state index in [1.807, 2.05) is 13.0 Å². The Labute approximate surface area is 155 Å². The van der Waals surface area contributed by atoms with Gasteiger partial charge in [0.05, 0.1) is 17.8 Å². The first-order valence-electron chi connectivity index (χ1n) is 8.08. The second-order valence-electron chi connectivity index (χ2n) is 6.32. The maximum atomic E-state index is 13.2. The van der Waals surface area contributed by atoms with Gasteiger partial charge in [-0.05, 0) is 55.7 Å². The highest BCUT2D eigenvalue weighted by Crippen LogP contribution is 2.48. The maximum Gasteiger partial charge on any atom is 0.240 e. The number of hydrogen-bond acceptors (Lipinski definition) is 3. The zero-order valence-electron chi connectivity index (χ0n) is 14.4. The van der Waals surface area contributed by atoms with Crippen LogP contribution in [0.5, 0.6) is 5.75 Å². The molecule has 2 aromatic carbocycles. The van der Waals surface area contributed by atoms with Gasteiger partial charge in [0.2, 0.25) is 11.8 Å². The van der Waals surface area contributed by atoms with E-state index in [9.17, 15) is 14.0 Å². The number of aryl methyl sites for hydroxylation is 1. The smallest absolute Gasteiger partial charge is 0.240 e. The summed E-state index contributed by atoms with van der Waals surface area (Å²) in [7, 11) is 1.51. The van der Waals surface area contributed by atoms with Crippen LogP contribution in [0.1, 0.15) is 18.4 Å². The summed E-state index contributed by atoms with van der Waals surface area (Å²) in [5, 5.41) is 5.32. The minimum atomic E-state index is -1.14. The first kappa shape index (κ1) is 18.2. The van der Waals surface area contributed by atoms with Crippen LogP contribution < -0.4 is 15.4 Å². The van der Waals surface area contributed by atoms with E-state index >= 15 is 0 Å². The highest BCUT2D eigenvalue weighted by Gasteiger charge is 2.56. The summed E-state index contributed by atoms with van der Waals surface area (Å²) in [6, 6.07) is 9.28.